The molecule has 1 nitrogen and oxygen atoms in total. The average molecular weight is 236 g/mol. The molecule has 17 heavy (non-hydrogen) atoms. The zero-order valence-corrected chi connectivity index (χ0v) is 11.9. The third-order valence-corrected chi connectivity index (χ3v) is 4.21. The minimum atomic E-state index is -0.291. The molecule has 0 radical (unpaired) electrons. The molecule has 0 heterocycles. The third-order valence-electron chi connectivity index (χ3n) is 4.21. The van der Waals surface area contributed by atoms with Crippen molar-refractivity contribution < 1.29 is 5.11 Å². The van der Waals surface area contributed by atoms with Gasteiger partial charge in [0.15, 0.2) is 0 Å². The van der Waals surface area contributed by atoms with Gasteiger partial charge in [-0.05, 0) is 38.5 Å². The highest BCUT2D eigenvalue weighted by Crippen LogP contribution is 2.33. The van der Waals surface area contributed by atoms with E-state index in [0.717, 1.165) is 31.1 Å². The van der Waals surface area contributed by atoms with Gasteiger partial charge in [-0.2, -0.15) is 0 Å². The van der Waals surface area contributed by atoms with Gasteiger partial charge >= 0.3 is 0 Å². The fourth-order valence-corrected chi connectivity index (χ4v) is 2.65. The summed E-state index contributed by atoms with van der Waals surface area (Å²) in [6.07, 6.45) is 6.68. The van der Waals surface area contributed by atoms with Gasteiger partial charge < -0.3 is 5.11 Å². The molecule has 1 N–H and O–H groups in total. The molecule has 3 atom stereocenters. The Morgan fingerprint density at radius 1 is 1.35 bits per heavy atom. The smallest absolute Gasteiger partial charge is 0.0700 e. The van der Waals surface area contributed by atoms with Crippen LogP contribution >= 0.6 is 0 Å². The lowest BCUT2D eigenvalue weighted by atomic mass is 9.84. The fourth-order valence-electron chi connectivity index (χ4n) is 2.65. The molecule has 1 saturated carbocycles. The summed E-state index contributed by atoms with van der Waals surface area (Å²) in [7, 11) is 0. The lowest BCUT2D eigenvalue weighted by Gasteiger charge is -2.24. The van der Waals surface area contributed by atoms with E-state index >= 15 is 0 Å². The van der Waals surface area contributed by atoms with Gasteiger partial charge in [-0.25, -0.2) is 0 Å². The maximum Gasteiger partial charge on any atom is 0.0700 e. The highest BCUT2D eigenvalue weighted by molar-refractivity contribution is 5.12. The summed E-state index contributed by atoms with van der Waals surface area (Å²) < 4.78 is 0. The van der Waals surface area contributed by atoms with Crippen LogP contribution in [0.15, 0.2) is 0 Å². The zero-order valence-electron chi connectivity index (χ0n) is 11.9. The van der Waals surface area contributed by atoms with Crippen LogP contribution in [0.4, 0.5) is 0 Å². The van der Waals surface area contributed by atoms with Crippen molar-refractivity contribution in [1.29, 1.82) is 0 Å². The molecule has 0 aromatic heterocycles. The highest BCUT2D eigenvalue weighted by atomic mass is 16.3. The van der Waals surface area contributed by atoms with Gasteiger partial charge in [0.05, 0.1) is 11.5 Å². The van der Waals surface area contributed by atoms with E-state index in [4.69, 9.17) is 0 Å². The number of rotatable bonds is 4. The standard InChI is InChI=1S/C16H28O/c1-5-8-15(17)16(3,4)12-7-11-14-10-6-9-13(14)2/h13-15,17H,5-6,8-11H2,1-4H3/t13-,14+,15?/m0/s1. The van der Waals surface area contributed by atoms with E-state index in [9.17, 15) is 5.11 Å². The molecule has 0 aliphatic heterocycles. The Morgan fingerprint density at radius 2 is 2.06 bits per heavy atom. The maximum atomic E-state index is 10.0. The van der Waals surface area contributed by atoms with Crippen LogP contribution in [0, 0.1) is 29.1 Å². The number of hydrogen-bond acceptors (Lipinski definition) is 1. The second-order valence-electron chi connectivity index (χ2n) is 6.20. The Kier molecular flexibility index (Phi) is 5.53. The molecule has 0 saturated heterocycles. The van der Waals surface area contributed by atoms with Gasteiger partial charge in [0, 0.05) is 6.42 Å². The van der Waals surface area contributed by atoms with Gasteiger partial charge in [-0.3, -0.25) is 0 Å². The first-order chi connectivity index (χ1) is 7.97. The Hall–Kier alpha value is -0.480. The lowest BCUT2D eigenvalue weighted by molar-refractivity contribution is 0.0789. The predicted molar refractivity (Wildman–Crippen MR) is 73.6 cm³/mol. The quantitative estimate of drug-likeness (QED) is 0.731. The Morgan fingerprint density at radius 3 is 2.59 bits per heavy atom. The Bertz CT molecular complexity index is 282. The number of hydrogen-bond donors (Lipinski definition) is 1. The topological polar surface area (TPSA) is 20.2 Å². The first kappa shape index (κ1) is 14.6. The summed E-state index contributed by atoms with van der Waals surface area (Å²) in [5, 5.41) is 10.0. The second kappa shape index (κ2) is 6.45. The van der Waals surface area contributed by atoms with Crippen molar-refractivity contribution in [2.24, 2.45) is 17.3 Å². The van der Waals surface area contributed by atoms with Crippen molar-refractivity contribution in [3.63, 3.8) is 0 Å². The molecule has 0 spiro atoms. The van der Waals surface area contributed by atoms with Crippen LogP contribution in [0.3, 0.4) is 0 Å². The molecular weight excluding hydrogens is 208 g/mol. The minimum Gasteiger partial charge on any atom is -0.392 e. The summed E-state index contributed by atoms with van der Waals surface area (Å²) >= 11 is 0. The van der Waals surface area contributed by atoms with Gasteiger partial charge in [0.2, 0.25) is 0 Å². The van der Waals surface area contributed by atoms with Crippen LogP contribution in [0.5, 0.6) is 0 Å². The summed E-state index contributed by atoms with van der Waals surface area (Å²) in [6.45, 7) is 8.56. The van der Waals surface area contributed by atoms with Gasteiger partial charge in [-0.15, -0.1) is 5.92 Å². The van der Waals surface area contributed by atoms with E-state index in [1.54, 1.807) is 0 Å². The van der Waals surface area contributed by atoms with Crippen LogP contribution in [-0.2, 0) is 0 Å². The van der Waals surface area contributed by atoms with Crippen LogP contribution in [0.1, 0.15) is 66.2 Å². The van der Waals surface area contributed by atoms with Crippen LogP contribution < -0.4 is 0 Å². The van der Waals surface area contributed by atoms with E-state index in [-0.39, 0.29) is 11.5 Å². The molecule has 0 aromatic carbocycles. The van der Waals surface area contributed by atoms with Crippen LogP contribution in [0.25, 0.3) is 0 Å². The summed E-state index contributed by atoms with van der Waals surface area (Å²) in [5.74, 6) is 8.25. The number of aliphatic hydroxyl groups is 1. The van der Waals surface area contributed by atoms with Crippen molar-refractivity contribution in [3.8, 4) is 11.8 Å². The van der Waals surface area contributed by atoms with E-state index in [1.165, 1.54) is 19.3 Å². The second-order valence-corrected chi connectivity index (χ2v) is 6.20. The van der Waals surface area contributed by atoms with Crippen LogP contribution in [0.2, 0.25) is 0 Å². The molecule has 1 fully saturated rings. The SMILES string of the molecule is CCCC(O)C(C)(C)C#CC[C@H]1CCC[C@@H]1C. The predicted octanol–water partition coefficient (Wildman–Crippen LogP) is 4.00. The monoisotopic (exact) mass is 236 g/mol. The fraction of sp³-hybridized carbons (Fsp3) is 0.875. The molecule has 1 aliphatic rings. The molecular formula is C16H28O. The first-order valence-corrected chi connectivity index (χ1v) is 7.15. The summed E-state index contributed by atoms with van der Waals surface area (Å²) in [5.41, 5.74) is -0.252. The Balaban J connectivity index is 2.46. The zero-order chi connectivity index (χ0) is 12.9. The maximum absolute atomic E-state index is 10.0. The van der Waals surface area contributed by atoms with Crippen molar-refractivity contribution in [2.75, 3.05) is 0 Å². The van der Waals surface area contributed by atoms with Crippen molar-refractivity contribution >= 4 is 0 Å². The molecule has 0 aromatic rings. The average Bonchev–Trinajstić information content (AvgIpc) is 2.65. The molecule has 1 rings (SSSR count). The lowest BCUT2D eigenvalue weighted by Crippen LogP contribution is -2.27. The van der Waals surface area contributed by atoms with Gasteiger partial charge in [0.1, 0.15) is 0 Å². The van der Waals surface area contributed by atoms with Crippen LogP contribution in [-0.4, -0.2) is 11.2 Å². The molecule has 0 amide bonds. The number of aliphatic hydroxyl groups excluding tert-OH is 1. The first-order valence-electron chi connectivity index (χ1n) is 7.15. The van der Waals surface area contributed by atoms with Crippen molar-refractivity contribution in [3.05, 3.63) is 0 Å². The summed E-state index contributed by atoms with van der Waals surface area (Å²) in [6, 6.07) is 0. The minimum absolute atomic E-state index is 0.252. The third kappa shape index (κ3) is 4.36. The highest BCUT2D eigenvalue weighted by Gasteiger charge is 2.25. The molecule has 1 unspecified atom stereocenters. The molecule has 1 aliphatic carbocycles. The Labute approximate surface area is 107 Å². The van der Waals surface area contributed by atoms with E-state index in [1.807, 2.05) is 0 Å². The van der Waals surface area contributed by atoms with Gasteiger partial charge in [0.25, 0.3) is 0 Å². The summed E-state index contributed by atoms with van der Waals surface area (Å²) in [4.78, 5) is 0. The van der Waals surface area contributed by atoms with Crippen molar-refractivity contribution in [1.82, 2.24) is 0 Å². The van der Waals surface area contributed by atoms with E-state index in [0.29, 0.717) is 0 Å². The molecule has 98 valence electrons. The van der Waals surface area contributed by atoms with E-state index in [2.05, 4.69) is 39.5 Å². The van der Waals surface area contributed by atoms with Crippen molar-refractivity contribution in [2.45, 2.75) is 72.3 Å². The molecule has 0 bridgehead atoms. The van der Waals surface area contributed by atoms with Gasteiger partial charge in [-0.1, -0.05) is 39.0 Å². The molecule has 1 heteroatoms. The van der Waals surface area contributed by atoms with E-state index < -0.39 is 0 Å². The normalized spacial score (nSPS) is 26.4. The largest absolute Gasteiger partial charge is 0.392 e.